The van der Waals surface area contributed by atoms with Gasteiger partial charge in [0.15, 0.2) is 0 Å². The molecule has 2 aromatic rings. The van der Waals surface area contributed by atoms with Crippen LogP contribution in [-0.2, 0) is 4.74 Å². The predicted molar refractivity (Wildman–Crippen MR) is 78.7 cm³/mol. The Bertz CT molecular complexity index is 623. The smallest absolute Gasteiger partial charge is 0.148 e. The van der Waals surface area contributed by atoms with Crippen molar-refractivity contribution in [3.05, 3.63) is 40.5 Å². The Labute approximate surface area is 120 Å². The van der Waals surface area contributed by atoms with E-state index >= 15 is 0 Å². The fraction of sp³-hybridized carbons (Fsp3) is 0.286. The van der Waals surface area contributed by atoms with Crippen molar-refractivity contribution in [2.75, 3.05) is 26.3 Å². The van der Waals surface area contributed by atoms with Crippen LogP contribution in [0.3, 0.4) is 0 Å². The lowest BCUT2D eigenvalue weighted by Gasteiger charge is -2.29. The molecule has 3 rings (SSSR count). The minimum Gasteiger partial charge on any atom is -0.378 e. The molecule has 0 atom stereocenters. The van der Waals surface area contributed by atoms with Crippen LogP contribution in [0.25, 0.3) is 10.9 Å². The average Bonchev–Trinajstić information content (AvgIpc) is 2.47. The molecule has 1 fully saturated rings. The first-order valence-corrected chi connectivity index (χ1v) is 7.02. The highest BCUT2D eigenvalue weighted by Gasteiger charge is 2.18. The minimum absolute atomic E-state index is 0.459. The molecule has 4 nitrogen and oxygen atoms in total. The average molecular weight is 320 g/mol. The summed E-state index contributed by atoms with van der Waals surface area (Å²) in [7, 11) is 0. The standard InChI is InChI=1S/C14H14BrN3O/c15-11-9-10-3-1-2-4-12(10)17-13(11)14(16)18-5-7-19-8-6-18/h1-4,9,16H,5-8H2. The van der Waals surface area contributed by atoms with E-state index in [-0.39, 0.29) is 0 Å². The Morgan fingerprint density at radius 3 is 2.79 bits per heavy atom. The van der Waals surface area contributed by atoms with Gasteiger partial charge in [-0.25, -0.2) is 4.98 Å². The van der Waals surface area contributed by atoms with E-state index in [2.05, 4.69) is 20.9 Å². The molecular weight excluding hydrogens is 306 g/mol. The van der Waals surface area contributed by atoms with Crippen molar-refractivity contribution in [1.82, 2.24) is 9.88 Å². The number of morpholine rings is 1. The number of nitrogens with zero attached hydrogens (tertiary/aromatic N) is 2. The predicted octanol–water partition coefficient (Wildman–Crippen LogP) is 2.65. The second-order valence-corrected chi connectivity index (χ2v) is 5.31. The van der Waals surface area contributed by atoms with Gasteiger partial charge in [-0.3, -0.25) is 5.41 Å². The minimum atomic E-state index is 0.459. The summed E-state index contributed by atoms with van der Waals surface area (Å²) >= 11 is 3.52. The molecule has 2 heterocycles. The van der Waals surface area contributed by atoms with Gasteiger partial charge in [0.25, 0.3) is 0 Å². The van der Waals surface area contributed by atoms with Gasteiger partial charge in [0.1, 0.15) is 11.5 Å². The molecule has 5 heteroatoms. The van der Waals surface area contributed by atoms with E-state index in [1.807, 2.05) is 35.2 Å². The molecular formula is C14H14BrN3O. The van der Waals surface area contributed by atoms with E-state index < -0.39 is 0 Å². The normalized spacial score (nSPS) is 15.7. The van der Waals surface area contributed by atoms with Crippen molar-refractivity contribution in [1.29, 1.82) is 5.41 Å². The number of ether oxygens (including phenoxy) is 1. The lowest BCUT2D eigenvalue weighted by atomic mass is 10.2. The first-order chi connectivity index (χ1) is 9.25. The highest BCUT2D eigenvalue weighted by atomic mass is 79.9. The fourth-order valence-corrected chi connectivity index (χ4v) is 2.72. The number of pyridine rings is 1. The third-order valence-electron chi connectivity index (χ3n) is 3.23. The highest BCUT2D eigenvalue weighted by molar-refractivity contribution is 9.10. The highest BCUT2D eigenvalue weighted by Crippen LogP contribution is 2.22. The van der Waals surface area contributed by atoms with Crippen LogP contribution in [0.15, 0.2) is 34.8 Å². The van der Waals surface area contributed by atoms with Gasteiger partial charge in [0, 0.05) is 22.9 Å². The van der Waals surface area contributed by atoms with Gasteiger partial charge in [-0.05, 0) is 28.1 Å². The number of amidine groups is 1. The maximum Gasteiger partial charge on any atom is 0.148 e. The molecule has 1 N–H and O–H groups in total. The number of hydrogen-bond donors (Lipinski definition) is 1. The van der Waals surface area contributed by atoms with Gasteiger partial charge in [-0.2, -0.15) is 0 Å². The molecule has 0 saturated carbocycles. The van der Waals surface area contributed by atoms with E-state index in [0.717, 1.165) is 28.5 Å². The Balaban J connectivity index is 1.99. The van der Waals surface area contributed by atoms with E-state index in [9.17, 15) is 0 Å². The number of nitrogens with one attached hydrogen (secondary N) is 1. The molecule has 0 spiro atoms. The second-order valence-electron chi connectivity index (χ2n) is 4.46. The second kappa shape index (κ2) is 5.27. The van der Waals surface area contributed by atoms with E-state index in [4.69, 9.17) is 10.1 Å². The van der Waals surface area contributed by atoms with E-state index in [1.165, 1.54) is 0 Å². The van der Waals surface area contributed by atoms with Gasteiger partial charge in [0.05, 0.1) is 18.7 Å². The summed E-state index contributed by atoms with van der Waals surface area (Å²) in [6, 6.07) is 9.97. The largest absolute Gasteiger partial charge is 0.378 e. The summed E-state index contributed by atoms with van der Waals surface area (Å²) in [5.41, 5.74) is 1.61. The summed E-state index contributed by atoms with van der Waals surface area (Å²) in [5, 5.41) is 9.39. The zero-order valence-electron chi connectivity index (χ0n) is 10.4. The van der Waals surface area contributed by atoms with Crippen LogP contribution >= 0.6 is 15.9 Å². The summed E-state index contributed by atoms with van der Waals surface area (Å²) in [5.74, 6) is 0.459. The number of para-hydroxylation sites is 1. The Kier molecular flexibility index (Phi) is 3.48. The number of benzene rings is 1. The number of hydrogen-bond acceptors (Lipinski definition) is 3. The maximum atomic E-state index is 8.32. The number of fused-ring (bicyclic) bond motifs is 1. The van der Waals surface area contributed by atoms with Crippen LogP contribution < -0.4 is 0 Å². The van der Waals surface area contributed by atoms with Crippen molar-refractivity contribution in [2.24, 2.45) is 0 Å². The van der Waals surface area contributed by atoms with Gasteiger partial charge in [-0.1, -0.05) is 18.2 Å². The van der Waals surface area contributed by atoms with Gasteiger partial charge in [-0.15, -0.1) is 0 Å². The summed E-state index contributed by atoms with van der Waals surface area (Å²) < 4.78 is 6.18. The maximum absolute atomic E-state index is 8.32. The zero-order chi connectivity index (χ0) is 13.2. The molecule has 1 saturated heterocycles. The Morgan fingerprint density at radius 2 is 2.00 bits per heavy atom. The van der Waals surface area contributed by atoms with Crippen molar-refractivity contribution >= 4 is 32.7 Å². The molecule has 19 heavy (non-hydrogen) atoms. The third-order valence-corrected chi connectivity index (χ3v) is 3.83. The van der Waals surface area contributed by atoms with Gasteiger partial charge >= 0.3 is 0 Å². The lowest BCUT2D eigenvalue weighted by Crippen LogP contribution is -2.41. The molecule has 0 bridgehead atoms. The quantitative estimate of drug-likeness (QED) is 0.649. The fourth-order valence-electron chi connectivity index (χ4n) is 2.19. The zero-order valence-corrected chi connectivity index (χ0v) is 12.0. The molecule has 98 valence electrons. The molecule has 0 amide bonds. The first-order valence-electron chi connectivity index (χ1n) is 6.22. The van der Waals surface area contributed by atoms with Gasteiger partial charge in [0.2, 0.25) is 0 Å². The summed E-state index contributed by atoms with van der Waals surface area (Å²) in [6.07, 6.45) is 0. The SMILES string of the molecule is N=C(c1nc2ccccc2cc1Br)N1CCOCC1. The van der Waals surface area contributed by atoms with Crippen molar-refractivity contribution in [3.8, 4) is 0 Å². The summed E-state index contributed by atoms with van der Waals surface area (Å²) in [6.45, 7) is 2.85. The summed E-state index contributed by atoms with van der Waals surface area (Å²) in [4.78, 5) is 6.60. The number of rotatable bonds is 1. The monoisotopic (exact) mass is 319 g/mol. The molecule has 0 radical (unpaired) electrons. The van der Waals surface area contributed by atoms with Crippen LogP contribution in [0, 0.1) is 5.41 Å². The van der Waals surface area contributed by atoms with E-state index in [1.54, 1.807) is 0 Å². The molecule has 0 aliphatic carbocycles. The van der Waals surface area contributed by atoms with Crippen LogP contribution in [0.1, 0.15) is 5.69 Å². The molecule has 1 aromatic carbocycles. The van der Waals surface area contributed by atoms with Crippen molar-refractivity contribution < 1.29 is 4.74 Å². The van der Waals surface area contributed by atoms with E-state index in [0.29, 0.717) is 24.7 Å². The van der Waals surface area contributed by atoms with Crippen LogP contribution in [0.2, 0.25) is 0 Å². The first kappa shape index (κ1) is 12.6. The third kappa shape index (κ3) is 2.48. The molecule has 1 aromatic heterocycles. The topological polar surface area (TPSA) is 49.2 Å². The number of aromatic nitrogens is 1. The lowest BCUT2D eigenvalue weighted by molar-refractivity contribution is 0.0679. The number of halogens is 1. The van der Waals surface area contributed by atoms with Crippen LogP contribution in [-0.4, -0.2) is 42.0 Å². The Morgan fingerprint density at radius 1 is 1.26 bits per heavy atom. The molecule has 1 aliphatic rings. The molecule has 1 aliphatic heterocycles. The van der Waals surface area contributed by atoms with Crippen LogP contribution in [0.4, 0.5) is 0 Å². The van der Waals surface area contributed by atoms with Gasteiger partial charge < -0.3 is 9.64 Å². The molecule has 0 unspecified atom stereocenters. The van der Waals surface area contributed by atoms with Crippen LogP contribution in [0.5, 0.6) is 0 Å². The Hall–Kier alpha value is -1.46. The van der Waals surface area contributed by atoms with Crippen molar-refractivity contribution in [2.45, 2.75) is 0 Å². The van der Waals surface area contributed by atoms with Crippen molar-refractivity contribution in [3.63, 3.8) is 0 Å².